The van der Waals surface area contributed by atoms with Crippen molar-refractivity contribution in [3.63, 3.8) is 0 Å². The number of hydrogen-bond donors (Lipinski definition) is 4. The van der Waals surface area contributed by atoms with Crippen LogP contribution in [0.3, 0.4) is 0 Å². The van der Waals surface area contributed by atoms with E-state index in [4.69, 9.17) is 0 Å². The molecule has 252 valence electrons. The zero-order valence-corrected chi connectivity index (χ0v) is 28.9. The number of rotatable bonds is 26. The van der Waals surface area contributed by atoms with Gasteiger partial charge in [0.15, 0.2) is 5.78 Å². The Morgan fingerprint density at radius 1 is 0.605 bits per heavy atom. The molecule has 0 heterocycles. The number of carboxylic acids is 1. The lowest BCUT2D eigenvalue weighted by molar-refractivity contribution is -0.142. The van der Waals surface area contributed by atoms with Gasteiger partial charge < -0.3 is 21.1 Å². The highest BCUT2D eigenvalue weighted by molar-refractivity contribution is 5.88. The van der Waals surface area contributed by atoms with Gasteiger partial charge >= 0.3 is 5.97 Å². The number of carbonyl (C=O) groups excluding carboxylic acids is 3. The molecule has 0 bridgehead atoms. The highest BCUT2D eigenvalue weighted by atomic mass is 16.4. The molecule has 0 aliphatic rings. The molecule has 0 spiro atoms. The van der Waals surface area contributed by atoms with Crippen LogP contribution in [-0.2, 0) is 19.2 Å². The van der Waals surface area contributed by atoms with E-state index in [1.54, 1.807) is 0 Å². The van der Waals surface area contributed by atoms with Crippen molar-refractivity contribution in [3.8, 4) is 0 Å². The normalized spacial score (nSPS) is 13.4. The molecule has 0 aromatic heterocycles. The number of unbranched alkanes of at least 4 members (excludes halogenated alkanes) is 13. The molecule has 8 nitrogen and oxygen atoms in total. The number of hydrogen-bond acceptors (Lipinski definition) is 5. The Morgan fingerprint density at radius 3 is 1.58 bits per heavy atom. The second-order valence-corrected chi connectivity index (χ2v) is 14.4. The monoisotopic (exact) mass is 610 g/mol. The number of nitrogens with one attached hydrogen (secondary N) is 3. The minimum Gasteiger partial charge on any atom is -0.480 e. The van der Waals surface area contributed by atoms with Gasteiger partial charge in [-0.15, -0.1) is 0 Å². The van der Waals surface area contributed by atoms with E-state index >= 15 is 0 Å². The molecule has 4 N–H and O–H groups in total. The smallest absolute Gasteiger partial charge is 0.326 e. The van der Waals surface area contributed by atoms with Crippen LogP contribution >= 0.6 is 0 Å². The van der Waals surface area contributed by atoms with Gasteiger partial charge in [-0.2, -0.15) is 0 Å². The van der Waals surface area contributed by atoms with Gasteiger partial charge in [-0.25, -0.2) is 4.79 Å². The minimum absolute atomic E-state index is 0.0344. The summed E-state index contributed by atoms with van der Waals surface area (Å²) in [5.74, 6) is -1.43. The zero-order valence-electron chi connectivity index (χ0n) is 28.9. The van der Waals surface area contributed by atoms with Gasteiger partial charge in [-0.3, -0.25) is 14.4 Å². The molecule has 0 rings (SSSR count). The summed E-state index contributed by atoms with van der Waals surface area (Å²) in [5, 5.41) is 18.4. The first-order chi connectivity index (χ1) is 20.2. The van der Waals surface area contributed by atoms with E-state index in [9.17, 15) is 24.3 Å². The summed E-state index contributed by atoms with van der Waals surface area (Å²) < 4.78 is 0. The van der Waals surface area contributed by atoms with Crippen LogP contribution in [0.5, 0.6) is 0 Å². The summed E-state index contributed by atoms with van der Waals surface area (Å²) in [6.45, 7) is 14.6. The molecular formula is C35H67N3O5. The predicted molar refractivity (Wildman–Crippen MR) is 177 cm³/mol. The summed E-state index contributed by atoms with van der Waals surface area (Å²) >= 11 is 0. The molecule has 8 heteroatoms. The SMILES string of the molecule is CCCCCCCCCCCCCCCC(=O)N[C@@H](CCC(=O)NCCCC[C@H](NC(C)(C)C)C(=O)C(C)(C)C)C(=O)O. The highest BCUT2D eigenvalue weighted by Crippen LogP contribution is 2.21. The standard InChI is InChI=1S/C35H67N3O5/c1-8-9-10-11-12-13-14-15-16-17-18-19-20-24-31(40)37-29(33(42)43)25-26-30(39)36-27-22-21-23-28(38-35(5,6)7)32(41)34(2,3)4/h28-29,38H,8-27H2,1-7H3,(H,36,39)(H,37,40)(H,42,43)/t28-,29-/m0/s1. The van der Waals surface area contributed by atoms with E-state index in [-0.39, 0.29) is 42.0 Å². The first-order valence-electron chi connectivity index (χ1n) is 17.3. The van der Waals surface area contributed by atoms with E-state index in [1.807, 2.05) is 41.5 Å². The lowest BCUT2D eigenvalue weighted by Gasteiger charge is -2.31. The van der Waals surface area contributed by atoms with Crippen LogP contribution in [0.1, 0.15) is 170 Å². The number of carbonyl (C=O) groups is 4. The molecule has 0 unspecified atom stereocenters. The molecule has 0 saturated heterocycles. The van der Waals surface area contributed by atoms with Crippen molar-refractivity contribution in [3.05, 3.63) is 0 Å². The van der Waals surface area contributed by atoms with E-state index in [2.05, 4.69) is 22.9 Å². The average Bonchev–Trinajstić information content (AvgIpc) is 2.90. The Labute approximate surface area is 263 Å². The molecule has 2 amide bonds. The molecule has 0 aliphatic heterocycles. The van der Waals surface area contributed by atoms with Crippen molar-refractivity contribution in [1.82, 2.24) is 16.0 Å². The van der Waals surface area contributed by atoms with E-state index in [1.165, 1.54) is 64.2 Å². The first-order valence-corrected chi connectivity index (χ1v) is 17.3. The van der Waals surface area contributed by atoms with Gasteiger partial charge in [0.1, 0.15) is 6.04 Å². The van der Waals surface area contributed by atoms with Crippen molar-refractivity contribution >= 4 is 23.6 Å². The van der Waals surface area contributed by atoms with Crippen LogP contribution < -0.4 is 16.0 Å². The largest absolute Gasteiger partial charge is 0.480 e. The number of Topliss-reactive ketones (excluding diaryl/α,β-unsaturated/α-hetero) is 1. The maximum atomic E-state index is 12.9. The fraction of sp³-hybridized carbons (Fsp3) is 0.886. The Balaban J connectivity index is 4.10. The third-order valence-electron chi connectivity index (χ3n) is 7.71. The summed E-state index contributed by atoms with van der Waals surface area (Å²) in [4.78, 5) is 49.1. The third-order valence-corrected chi connectivity index (χ3v) is 7.71. The van der Waals surface area contributed by atoms with E-state index in [0.29, 0.717) is 19.4 Å². The van der Waals surface area contributed by atoms with Gasteiger partial charge in [-0.05, 0) is 52.9 Å². The van der Waals surface area contributed by atoms with Gasteiger partial charge in [0.05, 0.1) is 6.04 Å². The van der Waals surface area contributed by atoms with Crippen LogP contribution in [-0.4, -0.2) is 52.8 Å². The molecule has 43 heavy (non-hydrogen) atoms. The maximum absolute atomic E-state index is 12.9. The van der Waals surface area contributed by atoms with Crippen molar-refractivity contribution in [2.45, 2.75) is 188 Å². The topological polar surface area (TPSA) is 125 Å². The number of ketones is 1. The Morgan fingerprint density at radius 2 is 1.12 bits per heavy atom. The molecule has 0 aliphatic carbocycles. The summed E-state index contributed by atoms with van der Waals surface area (Å²) in [6.07, 6.45) is 18.6. The van der Waals surface area contributed by atoms with Crippen molar-refractivity contribution in [1.29, 1.82) is 0 Å². The second kappa shape index (κ2) is 23.4. The summed E-state index contributed by atoms with van der Waals surface area (Å²) in [7, 11) is 0. The van der Waals surface area contributed by atoms with Gasteiger partial charge in [-0.1, -0.05) is 105 Å². The number of carboxylic acid groups (broad SMARTS) is 1. The molecule has 0 aromatic carbocycles. The lowest BCUT2D eigenvalue weighted by Crippen LogP contribution is -2.50. The van der Waals surface area contributed by atoms with Gasteiger partial charge in [0.25, 0.3) is 0 Å². The van der Waals surface area contributed by atoms with Crippen molar-refractivity contribution in [2.24, 2.45) is 5.41 Å². The average molecular weight is 610 g/mol. The fourth-order valence-electron chi connectivity index (χ4n) is 5.21. The summed E-state index contributed by atoms with van der Waals surface area (Å²) in [5.41, 5.74) is -0.609. The highest BCUT2D eigenvalue weighted by Gasteiger charge is 2.31. The number of amides is 2. The Bertz CT molecular complexity index is 785. The lowest BCUT2D eigenvalue weighted by atomic mass is 9.84. The van der Waals surface area contributed by atoms with Crippen LogP contribution in [0.4, 0.5) is 0 Å². The van der Waals surface area contributed by atoms with Gasteiger partial charge in [0.2, 0.25) is 11.8 Å². The third kappa shape index (κ3) is 24.1. The quantitative estimate of drug-likeness (QED) is 0.0754. The minimum atomic E-state index is -1.12. The zero-order chi connectivity index (χ0) is 32.7. The second-order valence-electron chi connectivity index (χ2n) is 14.4. The van der Waals surface area contributed by atoms with Crippen LogP contribution in [0.25, 0.3) is 0 Å². The number of aliphatic carboxylic acids is 1. The molecule has 0 saturated carbocycles. The maximum Gasteiger partial charge on any atom is 0.326 e. The van der Waals surface area contributed by atoms with Crippen LogP contribution in [0.2, 0.25) is 0 Å². The Hall–Kier alpha value is -1.96. The predicted octanol–water partition coefficient (Wildman–Crippen LogP) is 7.48. The van der Waals surface area contributed by atoms with Crippen molar-refractivity contribution < 1.29 is 24.3 Å². The van der Waals surface area contributed by atoms with E-state index < -0.39 is 17.4 Å². The first kappa shape index (κ1) is 41.0. The van der Waals surface area contributed by atoms with Crippen LogP contribution in [0, 0.1) is 5.41 Å². The molecule has 0 aromatic rings. The van der Waals surface area contributed by atoms with E-state index in [0.717, 1.165) is 32.1 Å². The van der Waals surface area contributed by atoms with Crippen molar-refractivity contribution in [2.75, 3.05) is 6.54 Å². The molecule has 2 atom stereocenters. The van der Waals surface area contributed by atoms with Crippen LogP contribution in [0.15, 0.2) is 0 Å². The molecular weight excluding hydrogens is 542 g/mol. The molecule has 0 radical (unpaired) electrons. The summed E-state index contributed by atoms with van der Waals surface area (Å²) in [6, 6.07) is -1.30. The van der Waals surface area contributed by atoms with Gasteiger partial charge in [0, 0.05) is 30.3 Å². The Kier molecular flexibility index (Phi) is 22.4. The molecule has 0 fully saturated rings. The fourth-order valence-corrected chi connectivity index (χ4v) is 5.21.